The van der Waals surface area contributed by atoms with E-state index in [4.69, 9.17) is 9.15 Å². The van der Waals surface area contributed by atoms with Crippen molar-refractivity contribution in [1.29, 1.82) is 0 Å². The van der Waals surface area contributed by atoms with Crippen LogP contribution in [0.4, 0.5) is 0 Å². The third-order valence-electron chi connectivity index (χ3n) is 4.11. The van der Waals surface area contributed by atoms with Crippen LogP contribution in [0.5, 0.6) is 5.75 Å². The molecule has 27 heavy (non-hydrogen) atoms. The van der Waals surface area contributed by atoms with Crippen molar-refractivity contribution in [3.63, 3.8) is 0 Å². The van der Waals surface area contributed by atoms with Gasteiger partial charge in [-0.2, -0.15) is 0 Å². The Morgan fingerprint density at radius 2 is 1.78 bits per heavy atom. The summed E-state index contributed by atoms with van der Waals surface area (Å²) in [6.45, 7) is 6.50. The molecular weight excluding hydrogens is 360 g/mol. The van der Waals surface area contributed by atoms with Crippen molar-refractivity contribution in [3.05, 3.63) is 59.7 Å². The normalized spacial score (nSPS) is 12.0. The number of benzene rings is 2. The second-order valence-electron chi connectivity index (χ2n) is 6.01. The van der Waals surface area contributed by atoms with Gasteiger partial charge in [0, 0.05) is 11.1 Å². The van der Waals surface area contributed by atoms with E-state index in [1.165, 1.54) is 17.3 Å². The van der Waals surface area contributed by atoms with Crippen LogP contribution in [0.3, 0.4) is 0 Å². The van der Waals surface area contributed by atoms with Gasteiger partial charge in [-0.3, -0.25) is 4.79 Å². The van der Waals surface area contributed by atoms with E-state index >= 15 is 0 Å². The van der Waals surface area contributed by atoms with E-state index in [1.807, 2.05) is 62.4 Å². The summed E-state index contributed by atoms with van der Waals surface area (Å²) in [7, 11) is 0. The summed E-state index contributed by atoms with van der Waals surface area (Å²) >= 11 is 1.27. The fourth-order valence-corrected chi connectivity index (χ4v) is 3.34. The van der Waals surface area contributed by atoms with Crippen molar-refractivity contribution in [2.45, 2.75) is 37.7 Å². The maximum atomic E-state index is 12.6. The predicted octanol–water partition coefficient (Wildman–Crippen LogP) is 5.06. The molecule has 3 aromatic rings. The molecule has 6 heteroatoms. The molecule has 0 amide bonds. The fraction of sp³-hybridized carbons (Fsp3) is 0.286. The number of rotatable bonds is 8. The highest BCUT2D eigenvalue weighted by Gasteiger charge is 2.20. The molecule has 1 aromatic heterocycles. The molecule has 0 N–H and O–H groups in total. The summed E-state index contributed by atoms with van der Waals surface area (Å²) in [6.07, 6.45) is 0.953. The summed E-state index contributed by atoms with van der Waals surface area (Å²) < 4.78 is 11.1. The third kappa shape index (κ3) is 4.77. The van der Waals surface area contributed by atoms with Crippen molar-refractivity contribution in [2.75, 3.05) is 6.61 Å². The van der Waals surface area contributed by atoms with Crippen LogP contribution in [0.2, 0.25) is 0 Å². The minimum absolute atomic E-state index is 0.0449. The van der Waals surface area contributed by atoms with Crippen LogP contribution in [0.15, 0.2) is 58.2 Å². The molecule has 1 atom stereocenters. The zero-order chi connectivity index (χ0) is 19.2. The molecular formula is C21H22N2O3S. The molecule has 0 aliphatic rings. The molecule has 0 saturated carbocycles. The minimum atomic E-state index is -0.314. The Bertz CT molecular complexity index is 889. The fourth-order valence-electron chi connectivity index (χ4n) is 2.58. The van der Waals surface area contributed by atoms with Crippen LogP contribution in [0, 0.1) is 0 Å². The Morgan fingerprint density at radius 1 is 1.07 bits per heavy atom. The number of thioether (sulfide) groups is 1. The van der Waals surface area contributed by atoms with Gasteiger partial charge in [0.1, 0.15) is 5.75 Å². The number of hydrogen-bond acceptors (Lipinski definition) is 6. The zero-order valence-corrected chi connectivity index (χ0v) is 16.5. The van der Waals surface area contributed by atoms with Gasteiger partial charge >= 0.3 is 0 Å². The van der Waals surface area contributed by atoms with E-state index < -0.39 is 0 Å². The number of nitrogens with zero attached hydrogens (tertiary/aromatic N) is 2. The predicted molar refractivity (Wildman–Crippen MR) is 106 cm³/mol. The number of ketones is 1. The van der Waals surface area contributed by atoms with E-state index in [1.54, 1.807) is 0 Å². The van der Waals surface area contributed by atoms with Crippen LogP contribution < -0.4 is 4.74 Å². The molecule has 140 valence electrons. The average molecular weight is 382 g/mol. The van der Waals surface area contributed by atoms with Crippen molar-refractivity contribution >= 4 is 17.5 Å². The van der Waals surface area contributed by atoms with Crippen LogP contribution >= 0.6 is 11.8 Å². The largest absolute Gasteiger partial charge is 0.494 e. The number of aromatic nitrogens is 2. The summed E-state index contributed by atoms with van der Waals surface area (Å²) in [6, 6.07) is 15.2. The van der Waals surface area contributed by atoms with Crippen molar-refractivity contribution < 1.29 is 13.9 Å². The number of hydrogen-bond donors (Lipinski definition) is 0. The Morgan fingerprint density at radius 3 is 2.41 bits per heavy atom. The summed E-state index contributed by atoms with van der Waals surface area (Å²) in [5.74, 6) is 1.26. The highest BCUT2D eigenvalue weighted by atomic mass is 32.2. The lowest BCUT2D eigenvalue weighted by Crippen LogP contribution is -2.13. The van der Waals surface area contributed by atoms with Gasteiger partial charge in [0.05, 0.1) is 11.9 Å². The van der Waals surface area contributed by atoms with Crippen molar-refractivity contribution in [1.82, 2.24) is 10.2 Å². The van der Waals surface area contributed by atoms with Gasteiger partial charge in [0.15, 0.2) is 5.78 Å². The molecule has 0 fully saturated rings. The van der Waals surface area contributed by atoms with Gasteiger partial charge < -0.3 is 9.15 Å². The topological polar surface area (TPSA) is 65.2 Å². The molecule has 0 bridgehead atoms. The van der Waals surface area contributed by atoms with Crippen LogP contribution in [0.25, 0.3) is 11.5 Å². The van der Waals surface area contributed by atoms with E-state index in [9.17, 15) is 4.79 Å². The monoisotopic (exact) mass is 382 g/mol. The molecule has 5 nitrogen and oxygen atoms in total. The lowest BCUT2D eigenvalue weighted by atomic mass is 10.1. The Kier molecular flexibility index (Phi) is 6.29. The van der Waals surface area contributed by atoms with Crippen LogP contribution in [-0.2, 0) is 6.42 Å². The Balaban J connectivity index is 1.66. The molecule has 0 spiro atoms. The summed E-state index contributed by atoms with van der Waals surface area (Å²) in [5, 5.41) is 8.20. The van der Waals surface area contributed by atoms with Gasteiger partial charge in [-0.1, -0.05) is 43.0 Å². The summed E-state index contributed by atoms with van der Waals surface area (Å²) in [5.41, 5.74) is 2.72. The minimum Gasteiger partial charge on any atom is -0.494 e. The Labute approximate surface area is 163 Å². The lowest BCUT2D eigenvalue weighted by molar-refractivity contribution is 0.0993. The van der Waals surface area contributed by atoms with Gasteiger partial charge in [-0.25, -0.2) is 0 Å². The second kappa shape index (κ2) is 8.86. The van der Waals surface area contributed by atoms with Crippen LogP contribution in [0.1, 0.15) is 36.7 Å². The highest BCUT2D eigenvalue weighted by molar-refractivity contribution is 8.00. The van der Waals surface area contributed by atoms with E-state index in [0.29, 0.717) is 23.3 Å². The standard InChI is InChI=1S/C21H22N2O3S/c1-4-15-6-8-16(9-7-15)19(24)14(3)27-21-23-22-20(26-21)17-10-12-18(13-11-17)25-5-2/h6-14H,4-5H2,1-3H3/t14-/m1/s1. The maximum Gasteiger partial charge on any atom is 0.277 e. The Hall–Kier alpha value is -2.60. The molecule has 0 aliphatic heterocycles. The van der Waals surface area contributed by atoms with Crippen molar-refractivity contribution in [2.24, 2.45) is 0 Å². The van der Waals surface area contributed by atoms with Crippen LogP contribution in [-0.4, -0.2) is 27.8 Å². The SMILES string of the molecule is CCOc1ccc(-c2nnc(S[C@H](C)C(=O)c3ccc(CC)cc3)o2)cc1. The van der Waals surface area contributed by atoms with E-state index in [2.05, 4.69) is 17.1 Å². The first-order valence-electron chi connectivity index (χ1n) is 8.97. The zero-order valence-electron chi connectivity index (χ0n) is 15.6. The van der Waals surface area contributed by atoms with E-state index in [-0.39, 0.29) is 11.0 Å². The first-order valence-corrected chi connectivity index (χ1v) is 9.85. The van der Waals surface area contributed by atoms with Gasteiger partial charge in [-0.15, -0.1) is 10.2 Å². The smallest absolute Gasteiger partial charge is 0.277 e. The quantitative estimate of drug-likeness (QED) is 0.401. The molecule has 0 unspecified atom stereocenters. The number of carbonyl (C=O) groups excluding carboxylic acids is 1. The molecule has 3 rings (SSSR count). The highest BCUT2D eigenvalue weighted by Crippen LogP contribution is 2.28. The van der Waals surface area contributed by atoms with Gasteiger partial charge in [0.25, 0.3) is 5.22 Å². The first-order chi connectivity index (χ1) is 13.1. The number of aryl methyl sites for hydroxylation is 1. The molecule has 0 saturated heterocycles. The molecule has 1 heterocycles. The first kappa shape index (κ1) is 19.2. The van der Waals surface area contributed by atoms with Crippen molar-refractivity contribution in [3.8, 4) is 17.2 Å². The average Bonchev–Trinajstić information content (AvgIpc) is 3.16. The molecule has 0 radical (unpaired) electrons. The van der Waals surface area contributed by atoms with Gasteiger partial charge in [0.2, 0.25) is 5.89 Å². The number of carbonyl (C=O) groups is 1. The number of Topliss-reactive ketones (excluding diaryl/α,β-unsaturated/α-hetero) is 1. The number of ether oxygens (including phenoxy) is 1. The third-order valence-corrected chi connectivity index (χ3v) is 5.05. The second-order valence-corrected chi connectivity index (χ2v) is 7.30. The van der Waals surface area contributed by atoms with E-state index in [0.717, 1.165) is 17.7 Å². The molecule has 0 aliphatic carbocycles. The summed E-state index contributed by atoms with van der Waals surface area (Å²) in [4.78, 5) is 12.6. The lowest BCUT2D eigenvalue weighted by Gasteiger charge is -2.08. The van der Waals surface area contributed by atoms with Gasteiger partial charge in [-0.05, 0) is 50.1 Å². The molecule has 2 aromatic carbocycles. The maximum absolute atomic E-state index is 12.6.